The first-order valence-corrected chi connectivity index (χ1v) is 26.5. The minimum atomic E-state index is 0. The van der Waals surface area contributed by atoms with Gasteiger partial charge in [0.1, 0.15) is 11.5 Å². The molecule has 74 heavy (non-hydrogen) atoms. The maximum absolute atomic E-state index is 5.46. The van der Waals surface area contributed by atoms with E-state index in [-0.39, 0.29) is 34.1 Å². The number of piperazine rings is 2. The Balaban J connectivity index is 0.000000186. The summed E-state index contributed by atoms with van der Waals surface area (Å²) in [6.45, 7) is 12.7. The van der Waals surface area contributed by atoms with Gasteiger partial charge in [0.15, 0.2) is 0 Å². The van der Waals surface area contributed by atoms with Crippen LogP contribution in [0.1, 0.15) is 75.6 Å². The third-order valence-electron chi connectivity index (χ3n) is 13.9. The predicted octanol–water partition coefficient (Wildman–Crippen LogP) is 9.42. The third-order valence-corrected chi connectivity index (χ3v) is 13.9. The van der Waals surface area contributed by atoms with E-state index in [1.165, 1.54) is 87.4 Å². The van der Waals surface area contributed by atoms with Gasteiger partial charge in [-0.2, -0.15) is 0 Å². The Hall–Kier alpha value is -3.12. The Bertz CT molecular complexity index is 1920. The van der Waals surface area contributed by atoms with Crippen molar-refractivity contribution in [1.29, 1.82) is 0 Å². The van der Waals surface area contributed by atoms with Crippen LogP contribution < -0.4 is 19.3 Å². The van der Waals surface area contributed by atoms with Crippen molar-refractivity contribution in [3.05, 3.63) is 199 Å². The first-order chi connectivity index (χ1) is 35.6. The van der Waals surface area contributed by atoms with Gasteiger partial charge in [-0.25, -0.2) is 0 Å². The van der Waals surface area contributed by atoms with Crippen LogP contribution in [-0.2, 0) is 47.2 Å². The summed E-state index contributed by atoms with van der Waals surface area (Å²) >= 11 is 0. The molecular formula is C60H76Fe2N10O2+4. The fraction of sp³-hybridized carbons (Fsp3) is 0.400. The van der Waals surface area contributed by atoms with Crippen LogP contribution in [0.25, 0.3) is 0 Å². The molecule has 14 heteroatoms. The minimum absolute atomic E-state index is 0. The van der Waals surface area contributed by atoms with E-state index in [4.69, 9.17) is 9.47 Å². The molecule has 2 aliphatic heterocycles. The molecule has 0 spiro atoms. The molecule has 0 amide bonds. The zero-order valence-corrected chi connectivity index (χ0v) is 45.8. The largest absolute Gasteiger partial charge is 2.00 e. The molecule has 0 N–H and O–H groups in total. The monoisotopic (exact) mass is 1080 g/mol. The molecule has 4 saturated carbocycles. The van der Waals surface area contributed by atoms with E-state index in [1.807, 2.05) is 59.3 Å². The van der Waals surface area contributed by atoms with Crippen LogP contribution in [0.5, 0.6) is 11.5 Å². The Morgan fingerprint density at radius 3 is 1.08 bits per heavy atom. The maximum Gasteiger partial charge on any atom is 2.00 e. The second kappa shape index (κ2) is 33.9. The molecule has 2 saturated heterocycles. The average molecular weight is 1080 g/mol. The second-order valence-electron chi connectivity index (χ2n) is 19.1. The number of methoxy groups -OCH3 is 2. The molecule has 20 radical (unpaired) electrons. The zero-order chi connectivity index (χ0) is 49.4. The van der Waals surface area contributed by atoms with Gasteiger partial charge in [0, 0.05) is 103 Å². The maximum atomic E-state index is 5.46. The molecule has 2 aromatic heterocycles. The van der Waals surface area contributed by atoms with Crippen LogP contribution in [0.4, 0.5) is 11.4 Å². The van der Waals surface area contributed by atoms with E-state index in [9.17, 15) is 0 Å². The van der Waals surface area contributed by atoms with Crippen molar-refractivity contribution in [2.75, 3.05) is 89.5 Å². The van der Waals surface area contributed by atoms with E-state index >= 15 is 0 Å². The quantitative estimate of drug-likeness (QED) is 0.0529. The van der Waals surface area contributed by atoms with Gasteiger partial charge in [-0.3, -0.25) is 19.2 Å². The van der Waals surface area contributed by atoms with Crippen LogP contribution >= 0.6 is 0 Å². The van der Waals surface area contributed by atoms with Crippen LogP contribution in [0.3, 0.4) is 0 Å². The first-order valence-electron chi connectivity index (χ1n) is 26.5. The Morgan fingerprint density at radius 1 is 0.405 bits per heavy atom. The summed E-state index contributed by atoms with van der Waals surface area (Å²) in [5, 5.41) is 17.0. The molecule has 390 valence electrons. The molecule has 6 fully saturated rings. The van der Waals surface area contributed by atoms with Gasteiger partial charge in [-0.1, -0.05) is 86.1 Å². The first kappa shape index (κ1) is 60.1. The molecule has 6 aliphatic rings. The van der Waals surface area contributed by atoms with E-state index < -0.39 is 0 Å². The van der Waals surface area contributed by atoms with Gasteiger partial charge in [-0.15, -0.1) is 10.2 Å². The molecule has 4 aromatic rings. The summed E-state index contributed by atoms with van der Waals surface area (Å²) in [4.78, 5) is 9.86. The van der Waals surface area contributed by atoms with Crippen molar-refractivity contribution in [1.82, 2.24) is 39.8 Å². The van der Waals surface area contributed by atoms with Crippen LogP contribution in [-0.4, -0.2) is 119 Å². The SMILES string of the molecule is COc1ccccc1N1CCN(C[C]2[CH][CH][CH][CH]2)CC1.COc1ccccc1N1CCN(C[C]2[CH][CH][CH][CH]2)CC1.[CH]1[CH][CH][C](c2cn(CCCCCCCCCCCCn3cc([C]4[CH][CH][CH][CH]4)nn3)nn2)[CH]1.[Fe+2].[Fe+2]. The molecule has 0 atom stereocenters. The average Bonchev–Trinajstić information content (AvgIpc) is 4.29. The fourth-order valence-corrected chi connectivity index (χ4v) is 9.76. The number of aryl methyl sites for hydroxylation is 2. The number of aromatic nitrogens is 6. The molecule has 4 heterocycles. The summed E-state index contributed by atoms with van der Waals surface area (Å²) in [7, 11) is 3.48. The molecule has 2 aromatic carbocycles. The number of hydrogen-bond donors (Lipinski definition) is 0. The molecular weight excluding hydrogens is 1000 g/mol. The summed E-state index contributed by atoms with van der Waals surface area (Å²) in [6.07, 6.45) is 50.8. The number of benzene rings is 2. The van der Waals surface area contributed by atoms with E-state index in [0.29, 0.717) is 0 Å². The van der Waals surface area contributed by atoms with E-state index in [2.05, 4.69) is 154 Å². The molecule has 0 unspecified atom stereocenters. The van der Waals surface area contributed by atoms with Crippen molar-refractivity contribution < 1.29 is 43.6 Å². The van der Waals surface area contributed by atoms with Crippen LogP contribution in [0, 0.1) is 126 Å². The van der Waals surface area contributed by atoms with Crippen molar-refractivity contribution >= 4 is 11.4 Å². The number of anilines is 2. The molecule has 10 rings (SSSR count). The summed E-state index contributed by atoms with van der Waals surface area (Å²) in [5.74, 6) is 7.07. The topological polar surface area (TPSA) is 92.8 Å². The van der Waals surface area contributed by atoms with Crippen LogP contribution in [0.2, 0.25) is 0 Å². The summed E-state index contributed by atoms with van der Waals surface area (Å²) in [6, 6.07) is 16.6. The van der Waals surface area contributed by atoms with Gasteiger partial charge < -0.3 is 19.3 Å². The number of rotatable bonds is 23. The van der Waals surface area contributed by atoms with Crippen molar-refractivity contribution in [3.63, 3.8) is 0 Å². The number of para-hydroxylation sites is 4. The summed E-state index contributed by atoms with van der Waals surface area (Å²) < 4.78 is 14.9. The Labute approximate surface area is 469 Å². The predicted molar refractivity (Wildman–Crippen MR) is 289 cm³/mol. The molecule has 4 aliphatic carbocycles. The Morgan fingerprint density at radius 2 is 0.730 bits per heavy atom. The number of unbranched alkanes of at least 4 members (excludes halogenated alkanes) is 9. The van der Waals surface area contributed by atoms with Gasteiger partial charge in [-0.05, 0) is 152 Å². The van der Waals surface area contributed by atoms with Gasteiger partial charge in [0.05, 0.1) is 37.0 Å². The van der Waals surface area contributed by atoms with E-state index in [1.54, 1.807) is 14.2 Å². The second-order valence-corrected chi connectivity index (χ2v) is 19.1. The number of hydrogen-bond acceptors (Lipinski definition) is 10. The normalized spacial score (nSPS) is 19.2. The van der Waals surface area contributed by atoms with Gasteiger partial charge >= 0.3 is 34.1 Å². The smallest absolute Gasteiger partial charge is 0.495 e. The number of ether oxygens (including phenoxy) is 2. The number of nitrogens with zero attached hydrogens (tertiary/aromatic N) is 10. The van der Waals surface area contributed by atoms with Crippen molar-refractivity contribution in [3.8, 4) is 11.5 Å². The molecule has 12 nitrogen and oxygen atoms in total. The van der Waals surface area contributed by atoms with E-state index in [0.717, 1.165) is 113 Å². The minimum Gasteiger partial charge on any atom is -0.495 e. The van der Waals surface area contributed by atoms with Crippen molar-refractivity contribution in [2.24, 2.45) is 0 Å². The zero-order valence-electron chi connectivity index (χ0n) is 43.6. The fourth-order valence-electron chi connectivity index (χ4n) is 9.76. The molecule has 0 bridgehead atoms. The van der Waals surface area contributed by atoms with Gasteiger partial charge in [0.25, 0.3) is 0 Å². The van der Waals surface area contributed by atoms with Gasteiger partial charge in [0.2, 0.25) is 0 Å². The Kier molecular flexibility index (Phi) is 27.5. The van der Waals surface area contributed by atoms with Crippen molar-refractivity contribution in [2.45, 2.75) is 77.3 Å². The third kappa shape index (κ3) is 19.4. The van der Waals surface area contributed by atoms with Crippen LogP contribution in [0.15, 0.2) is 60.9 Å². The standard InChI is InChI=1S/C26H34N6.2C17H21N2O.2Fe/c1(3-5-7-13-19-31-21-25(27-29-31)23-15-9-10-16-23)2-4-6-8-14-20-32-22-26(28-30-32)24-17-11-12-18-24;2*1-20-17-9-5-4-8-16(17)19-12-10-18(11-13-19)14-15-6-2-3-7-15;;/h9-12,15-18,21-22H,1-8,13-14,19-20H2;2*2-9H,10-14H2,1H3;;/q;;;2*+2. The summed E-state index contributed by atoms with van der Waals surface area (Å²) in [5.41, 5.74) is 4.36.